The number of aromatic nitrogens is 3. The summed E-state index contributed by atoms with van der Waals surface area (Å²) in [6, 6.07) is 5.07. The predicted octanol–water partition coefficient (Wildman–Crippen LogP) is 2.08. The third kappa shape index (κ3) is 3.15. The fourth-order valence-corrected chi connectivity index (χ4v) is 4.13. The quantitative estimate of drug-likeness (QED) is 0.787. The second-order valence-corrected chi connectivity index (χ2v) is 7.63. The molecular formula is C22H20N5O2+. The number of nitrogens with zero attached hydrogens (tertiary/aromatic N) is 3. The summed E-state index contributed by atoms with van der Waals surface area (Å²) in [5.41, 5.74) is 3.31. The molecule has 5 rings (SSSR count). The molecule has 2 aliphatic carbocycles. The first-order chi connectivity index (χ1) is 14.1. The number of hydrogen-bond acceptors (Lipinski definition) is 4. The normalized spacial score (nSPS) is 24.2. The summed E-state index contributed by atoms with van der Waals surface area (Å²) in [7, 11) is 1.71. The van der Waals surface area contributed by atoms with Gasteiger partial charge in [-0.25, -0.2) is 4.98 Å². The second kappa shape index (κ2) is 6.79. The Morgan fingerprint density at radius 1 is 1.45 bits per heavy atom. The molecule has 2 aromatic rings. The van der Waals surface area contributed by atoms with Crippen molar-refractivity contribution in [3.8, 4) is 0 Å². The lowest BCUT2D eigenvalue weighted by molar-refractivity contribution is -0.120. The van der Waals surface area contributed by atoms with E-state index in [1.807, 2.05) is 36.4 Å². The van der Waals surface area contributed by atoms with E-state index in [0.29, 0.717) is 12.2 Å². The molecule has 3 aliphatic rings. The van der Waals surface area contributed by atoms with Gasteiger partial charge in [-0.3, -0.25) is 19.6 Å². The average molecular weight is 386 g/mol. The molecule has 29 heavy (non-hydrogen) atoms. The van der Waals surface area contributed by atoms with E-state index in [0.717, 1.165) is 23.3 Å². The van der Waals surface area contributed by atoms with Crippen LogP contribution in [0.3, 0.4) is 0 Å². The van der Waals surface area contributed by atoms with Crippen molar-refractivity contribution < 1.29 is 9.59 Å². The Morgan fingerprint density at radius 2 is 2.34 bits per heavy atom. The van der Waals surface area contributed by atoms with Crippen molar-refractivity contribution >= 4 is 17.6 Å². The number of fused-ring (bicyclic) bond motifs is 3. The summed E-state index contributed by atoms with van der Waals surface area (Å²) >= 11 is 0. The van der Waals surface area contributed by atoms with E-state index >= 15 is 0 Å². The van der Waals surface area contributed by atoms with Crippen molar-refractivity contribution in [1.29, 1.82) is 0 Å². The number of nitrogens with one attached hydrogen (secondary N) is 2. The number of rotatable bonds is 4. The first-order valence-corrected chi connectivity index (χ1v) is 9.64. The summed E-state index contributed by atoms with van der Waals surface area (Å²) in [6.07, 6.45) is 13.8. The summed E-state index contributed by atoms with van der Waals surface area (Å²) in [6.45, 7) is 0. The van der Waals surface area contributed by atoms with Gasteiger partial charge in [0, 0.05) is 31.4 Å². The third-order valence-corrected chi connectivity index (χ3v) is 5.73. The molecule has 2 amide bonds. The fourth-order valence-electron chi connectivity index (χ4n) is 4.13. The van der Waals surface area contributed by atoms with Gasteiger partial charge in [0.15, 0.2) is 0 Å². The summed E-state index contributed by atoms with van der Waals surface area (Å²) in [5.74, 6) is 0.551. The Hall–Kier alpha value is -3.57. The lowest BCUT2D eigenvalue weighted by atomic mass is 10.1. The van der Waals surface area contributed by atoms with E-state index in [2.05, 4.69) is 26.6 Å². The number of likely N-dealkylation sites (N-methyl/N-ethyl adjacent to an activating group) is 1. The smallest absolute Gasteiger partial charge is 0.272 e. The summed E-state index contributed by atoms with van der Waals surface area (Å²) in [4.78, 5) is 31.7. The zero-order chi connectivity index (χ0) is 20.0. The number of pyridine rings is 1. The van der Waals surface area contributed by atoms with Crippen molar-refractivity contribution in [2.75, 3.05) is 11.9 Å². The molecule has 0 saturated heterocycles. The van der Waals surface area contributed by atoms with Crippen LogP contribution in [-0.2, 0) is 11.2 Å². The number of allylic oxidation sites excluding steroid dienone is 6. The topological polar surface area (TPSA) is 91.0 Å². The van der Waals surface area contributed by atoms with Gasteiger partial charge in [-0.2, -0.15) is 5.10 Å². The summed E-state index contributed by atoms with van der Waals surface area (Å²) in [5, 5.41) is 9.97. The fraction of sp³-hybridized carbons (Fsp3) is 0.273. The average Bonchev–Trinajstić information content (AvgIpc) is 3.41. The Labute approximate surface area is 168 Å². The number of H-pyrrole nitrogens is 1. The van der Waals surface area contributed by atoms with Crippen molar-refractivity contribution in [3.63, 3.8) is 0 Å². The maximum Gasteiger partial charge on any atom is 0.272 e. The molecule has 1 saturated carbocycles. The highest BCUT2D eigenvalue weighted by Crippen LogP contribution is 2.53. The van der Waals surface area contributed by atoms with Gasteiger partial charge in [0.05, 0.1) is 17.7 Å². The van der Waals surface area contributed by atoms with Crippen LogP contribution in [0, 0.1) is 12.0 Å². The third-order valence-electron chi connectivity index (χ3n) is 5.73. The second-order valence-electron chi connectivity index (χ2n) is 7.63. The highest BCUT2D eigenvalue weighted by Gasteiger charge is 2.52. The maximum atomic E-state index is 13.0. The summed E-state index contributed by atoms with van der Waals surface area (Å²) < 4.78 is 0. The largest absolute Gasteiger partial charge is 0.339 e. The minimum atomic E-state index is -0.573. The first kappa shape index (κ1) is 17.5. The highest BCUT2D eigenvalue weighted by atomic mass is 16.2. The monoisotopic (exact) mass is 386 g/mol. The minimum absolute atomic E-state index is 0.0957. The maximum absolute atomic E-state index is 13.0. The zero-order valence-electron chi connectivity index (χ0n) is 15.9. The lowest BCUT2D eigenvalue weighted by Gasteiger charge is -2.22. The van der Waals surface area contributed by atoms with Gasteiger partial charge in [-0.05, 0) is 36.0 Å². The van der Waals surface area contributed by atoms with Crippen LogP contribution in [0.25, 0.3) is 0 Å². The van der Waals surface area contributed by atoms with Crippen LogP contribution in [0.1, 0.15) is 34.1 Å². The molecule has 3 atom stereocenters. The molecule has 1 aliphatic heterocycles. The van der Waals surface area contributed by atoms with Gasteiger partial charge in [0.1, 0.15) is 29.7 Å². The molecule has 7 nitrogen and oxygen atoms in total. The van der Waals surface area contributed by atoms with Gasteiger partial charge in [0.2, 0.25) is 0 Å². The molecule has 0 bridgehead atoms. The SMILES string of the molecule is CN1C(=O)[C@@H](NC(=O)c2cc(CC3=CC=[C+]C=C3)[nH]n2)C2C[C@H]2c2cccnc21. The zero-order valence-corrected chi connectivity index (χ0v) is 15.9. The lowest BCUT2D eigenvalue weighted by Crippen LogP contribution is -2.48. The van der Waals surface area contributed by atoms with E-state index in [4.69, 9.17) is 0 Å². The minimum Gasteiger partial charge on any atom is -0.339 e. The molecular weight excluding hydrogens is 366 g/mol. The van der Waals surface area contributed by atoms with Crippen LogP contribution < -0.4 is 10.2 Å². The van der Waals surface area contributed by atoms with E-state index in [-0.39, 0.29) is 29.3 Å². The first-order valence-electron chi connectivity index (χ1n) is 9.64. The molecule has 7 heteroatoms. The highest BCUT2D eigenvalue weighted by molar-refractivity contribution is 6.02. The van der Waals surface area contributed by atoms with Crippen LogP contribution in [-0.4, -0.2) is 40.1 Å². The Balaban J connectivity index is 1.32. The number of carbonyl (C=O) groups is 2. The van der Waals surface area contributed by atoms with Crippen LogP contribution in [0.5, 0.6) is 0 Å². The van der Waals surface area contributed by atoms with Crippen LogP contribution >= 0.6 is 0 Å². The molecule has 1 fully saturated rings. The van der Waals surface area contributed by atoms with Crippen molar-refractivity contribution in [2.24, 2.45) is 5.92 Å². The predicted molar refractivity (Wildman–Crippen MR) is 107 cm³/mol. The van der Waals surface area contributed by atoms with E-state index in [1.165, 1.54) is 0 Å². The van der Waals surface area contributed by atoms with Crippen LogP contribution in [0.15, 0.2) is 54.3 Å². The molecule has 0 radical (unpaired) electrons. The molecule has 2 N–H and O–H groups in total. The number of aromatic amines is 1. The van der Waals surface area contributed by atoms with Gasteiger partial charge < -0.3 is 5.32 Å². The molecule has 1 unspecified atom stereocenters. The molecule has 3 heterocycles. The van der Waals surface area contributed by atoms with E-state index in [9.17, 15) is 9.59 Å². The standard InChI is InChI=1S/C22H19N5O2/c1-27-20-15(8-5-9-23-20)16-12-17(16)19(22(27)29)24-21(28)18-11-14(25-26-18)10-13-6-3-2-4-7-13/h3-9,11,16-17,19H,10,12H2,1H3,(H-,24,25,26,28)/p+1/t16-,17?,19-/m0/s1. The molecule has 0 spiro atoms. The van der Waals surface area contributed by atoms with Crippen LogP contribution in [0.2, 0.25) is 0 Å². The van der Waals surface area contributed by atoms with Crippen molar-refractivity contribution in [2.45, 2.75) is 24.8 Å². The Morgan fingerprint density at radius 3 is 3.17 bits per heavy atom. The molecule has 0 aromatic carbocycles. The number of carbonyl (C=O) groups excluding carboxylic acids is 2. The van der Waals surface area contributed by atoms with Gasteiger partial charge in [0.25, 0.3) is 11.8 Å². The number of hydrogen-bond donors (Lipinski definition) is 2. The van der Waals surface area contributed by atoms with E-state index in [1.54, 1.807) is 24.2 Å². The van der Waals surface area contributed by atoms with Gasteiger partial charge >= 0.3 is 0 Å². The molecule has 2 aromatic heterocycles. The van der Waals surface area contributed by atoms with Gasteiger partial charge in [-0.1, -0.05) is 6.07 Å². The Bertz CT molecular complexity index is 1080. The van der Waals surface area contributed by atoms with Gasteiger partial charge in [-0.15, -0.1) is 0 Å². The number of amides is 2. The molecule has 144 valence electrons. The van der Waals surface area contributed by atoms with Crippen molar-refractivity contribution in [1.82, 2.24) is 20.5 Å². The van der Waals surface area contributed by atoms with Crippen LogP contribution in [0.4, 0.5) is 5.82 Å². The Kier molecular flexibility index (Phi) is 4.11. The van der Waals surface area contributed by atoms with Crippen molar-refractivity contribution in [3.05, 3.63) is 77.3 Å². The number of anilines is 1. The van der Waals surface area contributed by atoms with E-state index < -0.39 is 6.04 Å².